The molecular formula is C16H13FN2O5. The molecule has 1 aromatic heterocycles. The highest BCUT2D eigenvalue weighted by Crippen LogP contribution is 2.32. The van der Waals surface area contributed by atoms with Crippen molar-refractivity contribution in [1.29, 1.82) is 0 Å². The number of nitrogens with zero attached hydrogens (tertiary/aromatic N) is 1. The molecule has 0 saturated heterocycles. The summed E-state index contributed by atoms with van der Waals surface area (Å²) < 4.78 is 26.1. The number of amides is 1. The minimum Gasteiger partial charge on any atom is -0.486 e. The summed E-state index contributed by atoms with van der Waals surface area (Å²) in [5.74, 6) is -1.03. The normalized spacial score (nSPS) is 14.0. The van der Waals surface area contributed by atoms with Crippen LogP contribution in [-0.4, -0.2) is 35.8 Å². The number of benzene rings is 1. The lowest BCUT2D eigenvalue weighted by molar-refractivity contribution is 0.0787. The summed E-state index contributed by atoms with van der Waals surface area (Å²) in [4.78, 5) is 34.6. The average Bonchev–Trinajstić information content (AvgIpc) is 3.04. The van der Waals surface area contributed by atoms with Gasteiger partial charge in [0.25, 0.3) is 5.91 Å². The molecule has 1 aromatic carbocycles. The van der Waals surface area contributed by atoms with Gasteiger partial charge < -0.3 is 19.8 Å². The Labute approximate surface area is 135 Å². The van der Waals surface area contributed by atoms with Crippen LogP contribution in [0.3, 0.4) is 0 Å². The largest absolute Gasteiger partial charge is 0.486 e. The molecule has 1 aliphatic heterocycles. The molecule has 0 aliphatic carbocycles. The van der Waals surface area contributed by atoms with Gasteiger partial charge in [0.2, 0.25) is 12.1 Å². The quantitative estimate of drug-likeness (QED) is 0.661. The standard InChI is InChI=1S/C16H13FN2O5/c17-15(19-7-9(8-20)5-11(19)16(18)22)14(21)10-1-2-12-13(6-10)24-4-3-23-12/h1-2,5-8,15H,3-4H2,(H2,18,22). The summed E-state index contributed by atoms with van der Waals surface area (Å²) >= 11 is 0. The van der Waals surface area contributed by atoms with E-state index < -0.39 is 18.0 Å². The van der Waals surface area contributed by atoms with Gasteiger partial charge in [-0.05, 0) is 24.3 Å². The van der Waals surface area contributed by atoms with Crippen LogP contribution in [0.5, 0.6) is 11.5 Å². The van der Waals surface area contributed by atoms with Gasteiger partial charge >= 0.3 is 0 Å². The molecular weight excluding hydrogens is 319 g/mol. The van der Waals surface area contributed by atoms with Crippen LogP contribution in [0.2, 0.25) is 0 Å². The van der Waals surface area contributed by atoms with Gasteiger partial charge in [0.1, 0.15) is 18.9 Å². The molecule has 0 fully saturated rings. The Morgan fingerprint density at radius 1 is 1.21 bits per heavy atom. The molecule has 0 radical (unpaired) electrons. The van der Waals surface area contributed by atoms with E-state index in [0.717, 1.165) is 16.8 Å². The average molecular weight is 332 g/mol. The zero-order chi connectivity index (χ0) is 17.3. The van der Waals surface area contributed by atoms with Crippen LogP contribution in [0.25, 0.3) is 0 Å². The number of ether oxygens (including phenoxy) is 2. The first-order valence-electron chi connectivity index (χ1n) is 7.06. The molecule has 2 heterocycles. The number of carbonyl (C=O) groups is 3. The van der Waals surface area contributed by atoms with Crippen LogP contribution in [0.4, 0.5) is 4.39 Å². The van der Waals surface area contributed by atoms with Crippen molar-refractivity contribution in [3.8, 4) is 11.5 Å². The van der Waals surface area contributed by atoms with Crippen LogP contribution >= 0.6 is 0 Å². The van der Waals surface area contributed by atoms with Gasteiger partial charge in [-0.1, -0.05) is 0 Å². The van der Waals surface area contributed by atoms with Crippen molar-refractivity contribution in [3.05, 3.63) is 47.3 Å². The van der Waals surface area contributed by atoms with Gasteiger partial charge in [-0.3, -0.25) is 14.4 Å². The van der Waals surface area contributed by atoms with Gasteiger partial charge in [0.15, 0.2) is 17.8 Å². The first-order valence-corrected chi connectivity index (χ1v) is 7.06. The highest BCUT2D eigenvalue weighted by Gasteiger charge is 2.26. The zero-order valence-electron chi connectivity index (χ0n) is 12.4. The highest BCUT2D eigenvalue weighted by molar-refractivity contribution is 6.00. The Hall–Kier alpha value is -3.16. The number of hydrogen-bond acceptors (Lipinski definition) is 5. The number of halogens is 1. The Morgan fingerprint density at radius 2 is 1.92 bits per heavy atom. The number of aromatic nitrogens is 1. The van der Waals surface area contributed by atoms with E-state index in [0.29, 0.717) is 31.0 Å². The van der Waals surface area contributed by atoms with Crippen molar-refractivity contribution >= 4 is 18.0 Å². The van der Waals surface area contributed by atoms with Crippen molar-refractivity contribution in [2.24, 2.45) is 5.73 Å². The monoisotopic (exact) mass is 332 g/mol. The van der Waals surface area contributed by atoms with Crippen molar-refractivity contribution < 1.29 is 28.2 Å². The number of ketones is 1. The Morgan fingerprint density at radius 3 is 2.58 bits per heavy atom. The summed E-state index contributed by atoms with van der Waals surface area (Å²) in [7, 11) is 0. The predicted molar refractivity (Wildman–Crippen MR) is 80.2 cm³/mol. The maximum atomic E-state index is 14.6. The summed E-state index contributed by atoms with van der Waals surface area (Å²) in [6.07, 6.45) is -0.707. The van der Waals surface area contributed by atoms with Crippen LogP contribution in [0.1, 0.15) is 37.5 Å². The fraction of sp³-hybridized carbons (Fsp3) is 0.188. The van der Waals surface area contributed by atoms with Gasteiger partial charge in [0.05, 0.1) is 0 Å². The molecule has 124 valence electrons. The Kier molecular flexibility index (Phi) is 4.03. The fourth-order valence-electron chi connectivity index (χ4n) is 2.41. The fourth-order valence-corrected chi connectivity index (χ4v) is 2.41. The minimum absolute atomic E-state index is 0.0430. The molecule has 1 aliphatic rings. The molecule has 3 rings (SSSR count). The first kappa shape index (κ1) is 15.7. The van der Waals surface area contributed by atoms with Gasteiger partial charge in [-0.15, -0.1) is 0 Å². The van der Waals surface area contributed by atoms with Crippen LogP contribution in [-0.2, 0) is 0 Å². The van der Waals surface area contributed by atoms with Crippen LogP contribution < -0.4 is 15.2 Å². The smallest absolute Gasteiger partial charge is 0.265 e. The SMILES string of the molecule is NC(=O)c1cc(C=O)cn1C(F)C(=O)c1ccc2c(c1)OCCO2. The topological polar surface area (TPSA) is 101 Å². The number of hydrogen-bond donors (Lipinski definition) is 1. The Balaban J connectivity index is 1.94. The second-order valence-corrected chi connectivity index (χ2v) is 5.11. The molecule has 24 heavy (non-hydrogen) atoms. The van der Waals surface area contributed by atoms with Crippen molar-refractivity contribution in [2.75, 3.05) is 13.2 Å². The summed E-state index contributed by atoms with van der Waals surface area (Å²) in [5, 5.41) is 0. The maximum Gasteiger partial charge on any atom is 0.265 e. The van der Waals surface area contributed by atoms with E-state index >= 15 is 0 Å². The number of nitrogens with two attached hydrogens (primary N) is 1. The van der Waals surface area contributed by atoms with E-state index in [1.807, 2.05) is 0 Å². The number of fused-ring (bicyclic) bond motifs is 1. The van der Waals surface area contributed by atoms with E-state index in [4.69, 9.17) is 15.2 Å². The van der Waals surface area contributed by atoms with Gasteiger partial charge in [-0.2, -0.15) is 0 Å². The lowest BCUT2D eigenvalue weighted by Crippen LogP contribution is -2.23. The lowest BCUT2D eigenvalue weighted by atomic mass is 10.1. The van der Waals surface area contributed by atoms with Crippen molar-refractivity contribution in [1.82, 2.24) is 4.57 Å². The molecule has 7 nitrogen and oxygen atoms in total. The van der Waals surface area contributed by atoms with Crippen LogP contribution in [0, 0.1) is 0 Å². The third kappa shape index (κ3) is 2.73. The number of Topliss-reactive ketones (excluding diaryl/α,β-unsaturated/α-hetero) is 1. The molecule has 1 amide bonds. The molecule has 2 N–H and O–H groups in total. The Bertz CT molecular complexity index is 830. The molecule has 0 spiro atoms. The van der Waals surface area contributed by atoms with E-state index in [-0.39, 0.29) is 16.8 Å². The second kappa shape index (κ2) is 6.15. The number of rotatable bonds is 5. The molecule has 0 saturated carbocycles. The molecule has 2 aromatic rings. The predicted octanol–water partition coefficient (Wildman–Crippen LogP) is 1.52. The molecule has 8 heteroatoms. The minimum atomic E-state index is -2.20. The number of carbonyl (C=O) groups excluding carboxylic acids is 3. The summed E-state index contributed by atoms with van der Waals surface area (Å²) in [6, 6.07) is 5.41. The number of primary amides is 1. The number of aldehydes is 1. The zero-order valence-corrected chi connectivity index (χ0v) is 12.4. The van der Waals surface area contributed by atoms with Crippen LogP contribution in [0.15, 0.2) is 30.5 Å². The number of alkyl halides is 1. The molecule has 1 atom stereocenters. The summed E-state index contributed by atoms with van der Waals surface area (Å²) in [5.41, 5.74) is 4.98. The highest BCUT2D eigenvalue weighted by atomic mass is 19.1. The van der Waals surface area contributed by atoms with E-state index in [2.05, 4.69) is 0 Å². The maximum absolute atomic E-state index is 14.6. The van der Waals surface area contributed by atoms with E-state index in [1.165, 1.54) is 18.2 Å². The van der Waals surface area contributed by atoms with E-state index in [9.17, 15) is 18.8 Å². The van der Waals surface area contributed by atoms with E-state index in [1.54, 1.807) is 0 Å². The molecule has 1 unspecified atom stereocenters. The lowest BCUT2D eigenvalue weighted by Gasteiger charge is -2.19. The third-order valence-electron chi connectivity index (χ3n) is 3.55. The summed E-state index contributed by atoms with van der Waals surface area (Å²) in [6.45, 7) is 0.724. The van der Waals surface area contributed by atoms with Gasteiger partial charge in [-0.25, -0.2) is 4.39 Å². The molecule has 0 bridgehead atoms. The van der Waals surface area contributed by atoms with Gasteiger partial charge in [0, 0.05) is 17.3 Å². The van der Waals surface area contributed by atoms with Crippen molar-refractivity contribution in [2.45, 2.75) is 6.30 Å². The first-order chi connectivity index (χ1) is 11.5. The van der Waals surface area contributed by atoms with Crippen molar-refractivity contribution in [3.63, 3.8) is 0 Å². The third-order valence-corrected chi connectivity index (χ3v) is 3.55. The second-order valence-electron chi connectivity index (χ2n) is 5.11.